The molecule has 0 bridgehead atoms. The molecule has 0 spiro atoms. The Morgan fingerprint density at radius 3 is 2.00 bits per heavy atom. The van der Waals surface area contributed by atoms with Crippen LogP contribution in [0.25, 0.3) is 6.08 Å². The van der Waals surface area contributed by atoms with Gasteiger partial charge >= 0.3 is 0 Å². The van der Waals surface area contributed by atoms with Gasteiger partial charge in [-0.25, -0.2) is 0 Å². The third-order valence-corrected chi connectivity index (χ3v) is 5.21. The van der Waals surface area contributed by atoms with Crippen molar-refractivity contribution < 1.29 is 19.1 Å². The fourth-order valence-electron chi connectivity index (χ4n) is 3.57. The van der Waals surface area contributed by atoms with Gasteiger partial charge in [-0.2, -0.15) is 0 Å². The summed E-state index contributed by atoms with van der Waals surface area (Å²) in [6.07, 6.45) is 1.59. The Labute approximate surface area is 180 Å². The summed E-state index contributed by atoms with van der Waals surface area (Å²) in [7, 11) is 0. The van der Waals surface area contributed by atoms with Crippen LogP contribution in [0, 0.1) is 13.8 Å². The van der Waals surface area contributed by atoms with Crippen LogP contribution in [-0.4, -0.2) is 24.1 Å². The Balaban J connectivity index is 1.40. The van der Waals surface area contributed by atoms with Gasteiger partial charge in [-0.3, -0.25) is 14.4 Å². The van der Waals surface area contributed by atoms with Crippen LogP contribution < -0.4 is 10.1 Å². The van der Waals surface area contributed by atoms with Crippen LogP contribution in [0.1, 0.15) is 37.4 Å². The van der Waals surface area contributed by atoms with E-state index in [0.717, 1.165) is 16.8 Å². The molecule has 0 heterocycles. The number of rotatable bonds is 5. The van der Waals surface area contributed by atoms with Crippen molar-refractivity contribution >= 4 is 29.2 Å². The lowest BCUT2D eigenvalue weighted by atomic mass is 10.1. The molecule has 0 radical (unpaired) electrons. The SMILES string of the molecule is Cc1cccc(C)c1NC(=O)COc1ccc(C=C2C(=O)c3ccccc3C2=O)cc1. The van der Waals surface area contributed by atoms with Crippen molar-refractivity contribution in [3.05, 3.63) is 100 Å². The standard InChI is InChI=1S/C26H21NO4/c1-16-6-5-7-17(2)24(16)27-23(28)15-31-19-12-10-18(11-13-19)14-22-25(29)20-8-3-4-9-21(20)26(22)30/h3-14H,15H2,1-2H3,(H,27,28). The second kappa shape index (κ2) is 8.40. The molecule has 0 atom stereocenters. The van der Waals surface area contributed by atoms with Crippen molar-refractivity contribution in [1.29, 1.82) is 0 Å². The number of ketones is 2. The number of carbonyl (C=O) groups excluding carboxylic acids is 3. The summed E-state index contributed by atoms with van der Waals surface area (Å²) in [6.45, 7) is 3.75. The Bertz CT molecular complexity index is 1170. The highest BCUT2D eigenvalue weighted by Gasteiger charge is 2.32. The molecule has 0 saturated heterocycles. The Morgan fingerprint density at radius 2 is 1.42 bits per heavy atom. The van der Waals surface area contributed by atoms with E-state index >= 15 is 0 Å². The lowest BCUT2D eigenvalue weighted by Gasteiger charge is -2.12. The van der Waals surface area contributed by atoms with Crippen LogP contribution in [0.2, 0.25) is 0 Å². The first kappa shape index (κ1) is 20.3. The molecule has 3 aromatic carbocycles. The van der Waals surface area contributed by atoms with E-state index in [1.54, 1.807) is 54.6 Å². The lowest BCUT2D eigenvalue weighted by molar-refractivity contribution is -0.118. The Kier molecular flexibility index (Phi) is 5.50. The predicted octanol–water partition coefficient (Wildman–Crippen LogP) is 4.78. The van der Waals surface area contributed by atoms with E-state index in [0.29, 0.717) is 22.4 Å². The number of aryl methyl sites for hydroxylation is 2. The summed E-state index contributed by atoms with van der Waals surface area (Å²) >= 11 is 0. The number of anilines is 1. The van der Waals surface area contributed by atoms with E-state index in [9.17, 15) is 14.4 Å². The average molecular weight is 411 g/mol. The number of hydrogen-bond acceptors (Lipinski definition) is 4. The van der Waals surface area contributed by atoms with Crippen LogP contribution in [0.4, 0.5) is 5.69 Å². The monoisotopic (exact) mass is 411 g/mol. The third kappa shape index (κ3) is 4.16. The molecule has 0 saturated carbocycles. The van der Waals surface area contributed by atoms with E-state index in [2.05, 4.69) is 5.32 Å². The van der Waals surface area contributed by atoms with Gasteiger partial charge in [-0.1, -0.05) is 54.6 Å². The first-order valence-corrected chi connectivity index (χ1v) is 9.93. The summed E-state index contributed by atoms with van der Waals surface area (Å²) in [6, 6.07) is 19.5. The largest absolute Gasteiger partial charge is 0.484 e. The van der Waals surface area contributed by atoms with Crippen LogP contribution in [0.15, 0.2) is 72.3 Å². The number of nitrogens with one attached hydrogen (secondary N) is 1. The number of ether oxygens (including phenoxy) is 1. The molecule has 3 aromatic rings. The first-order valence-electron chi connectivity index (χ1n) is 9.93. The number of allylic oxidation sites excluding steroid dienone is 1. The second-order valence-corrected chi connectivity index (χ2v) is 7.43. The molecule has 1 aliphatic rings. The molecule has 0 fully saturated rings. The maximum atomic E-state index is 12.5. The normalized spacial score (nSPS) is 12.5. The Hall–Kier alpha value is -3.99. The summed E-state index contributed by atoms with van der Waals surface area (Å²) in [4.78, 5) is 37.2. The number of para-hydroxylation sites is 1. The van der Waals surface area contributed by atoms with Gasteiger partial charge in [0.1, 0.15) is 5.75 Å². The van der Waals surface area contributed by atoms with Gasteiger partial charge in [-0.15, -0.1) is 0 Å². The number of benzene rings is 3. The molecule has 5 heteroatoms. The lowest BCUT2D eigenvalue weighted by Crippen LogP contribution is -2.21. The molecular weight excluding hydrogens is 390 g/mol. The minimum absolute atomic E-state index is 0.125. The van der Waals surface area contributed by atoms with E-state index in [1.165, 1.54) is 0 Å². The number of carbonyl (C=O) groups is 3. The number of Topliss-reactive ketones (excluding diaryl/α,β-unsaturated/α-hetero) is 2. The molecule has 31 heavy (non-hydrogen) atoms. The third-order valence-electron chi connectivity index (χ3n) is 5.21. The zero-order chi connectivity index (χ0) is 22.0. The molecule has 0 aliphatic heterocycles. The van der Waals surface area contributed by atoms with Crippen LogP contribution in [0.3, 0.4) is 0 Å². The van der Waals surface area contributed by atoms with Gasteiger partial charge in [0.15, 0.2) is 18.2 Å². The topological polar surface area (TPSA) is 72.5 Å². The predicted molar refractivity (Wildman–Crippen MR) is 120 cm³/mol. The zero-order valence-corrected chi connectivity index (χ0v) is 17.3. The molecule has 154 valence electrons. The van der Waals surface area contributed by atoms with Gasteiger partial charge < -0.3 is 10.1 Å². The Morgan fingerprint density at radius 1 is 0.839 bits per heavy atom. The second-order valence-electron chi connectivity index (χ2n) is 7.43. The number of hydrogen-bond donors (Lipinski definition) is 1. The van der Waals surface area contributed by atoms with Gasteiger partial charge in [0.25, 0.3) is 5.91 Å². The minimum Gasteiger partial charge on any atom is -0.484 e. The van der Waals surface area contributed by atoms with Crippen molar-refractivity contribution in [3.63, 3.8) is 0 Å². The van der Waals surface area contributed by atoms with E-state index in [1.807, 2.05) is 32.0 Å². The molecule has 1 N–H and O–H groups in total. The summed E-state index contributed by atoms with van der Waals surface area (Å²) in [5.74, 6) is -0.247. The maximum Gasteiger partial charge on any atom is 0.262 e. The molecule has 1 aliphatic carbocycles. The molecular formula is C26H21NO4. The fraction of sp³-hybridized carbons (Fsp3) is 0.115. The van der Waals surface area contributed by atoms with Crippen molar-refractivity contribution in [1.82, 2.24) is 0 Å². The quantitative estimate of drug-likeness (QED) is 0.484. The van der Waals surface area contributed by atoms with Gasteiger partial charge in [0, 0.05) is 16.8 Å². The molecule has 0 unspecified atom stereocenters. The van der Waals surface area contributed by atoms with Crippen LogP contribution in [0.5, 0.6) is 5.75 Å². The highest BCUT2D eigenvalue weighted by atomic mass is 16.5. The highest BCUT2D eigenvalue weighted by molar-refractivity contribution is 6.41. The van der Waals surface area contributed by atoms with Crippen LogP contribution in [-0.2, 0) is 4.79 Å². The van der Waals surface area contributed by atoms with E-state index < -0.39 is 0 Å². The fourth-order valence-corrected chi connectivity index (χ4v) is 3.57. The first-order chi connectivity index (χ1) is 14.9. The minimum atomic E-state index is -0.260. The van der Waals surface area contributed by atoms with E-state index in [4.69, 9.17) is 4.74 Å². The maximum absolute atomic E-state index is 12.5. The average Bonchev–Trinajstić information content (AvgIpc) is 3.01. The van der Waals surface area contributed by atoms with Crippen LogP contribution >= 0.6 is 0 Å². The zero-order valence-electron chi connectivity index (χ0n) is 17.3. The van der Waals surface area contributed by atoms with Crippen molar-refractivity contribution in [2.45, 2.75) is 13.8 Å². The van der Waals surface area contributed by atoms with Crippen molar-refractivity contribution in [3.8, 4) is 5.75 Å². The van der Waals surface area contributed by atoms with Crippen molar-refractivity contribution in [2.75, 3.05) is 11.9 Å². The summed E-state index contributed by atoms with van der Waals surface area (Å²) < 4.78 is 5.57. The smallest absolute Gasteiger partial charge is 0.262 e. The number of fused-ring (bicyclic) bond motifs is 1. The highest BCUT2D eigenvalue weighted by Crippen LogP contribution is 2.28. The molecule has 4 rings (SSSR count). The molecule has 1 amide bonds. The summed E-state index contributed by atoms with van der Waals surface area (Å²) in [5.41, 5.74) is 4.51. The van der Waals surface area contributed by atoms with Crippen molar-refractivity contribution in [2.24, 2.45) is 0 Å². The molecule has 0 aromatic heterocycles. The number of amides is 1. The summed E-state index contributed by atoms with van der Waals surface area (Å²) in [5, 5.41) is 2.88. The van der Waals surface area contributed by atoms with E-state index in [-0.39, 0.29) is 29.7 Å². The van der Waals surface area contributed by atoms with Gasteiger partial charge in [0.05, 0.1) is 5.57 Å². The van der Waals surface area contributed by atoms with Gasteiger partial charge in [0.2, 0.25) is 0 Å². The molecule has 5 nitrogen and oxygen atoms in total. The van der Waals surface area contributed by atoms with Gasteiger partial charge in [-0.05, 0) is 48.7 Å².